The van der Waals surface area contributed by atoms with Gasteiger partial charge in [-0.25, -0.2) is 8.42 Å². The third-order valence-corrected chi connectivity index (χ3v) is 5.64. The van der Waals surface area contributed by atoms with E-state index in [0.29, 0.717) is 23.7 Å². The molecule has 0 bridgehead atoms. The van der Waals surface area contributed by atoms with Crippen LogP contribution in [0.5, 0.6) is 0 Å². The highest BCUT2D eigenvalue weighted by Crippen LogP contribution is 2.28. The molecule has 0 unspecified atom stereocenters. The fourth-order valence-electron chi connectivity index (χ4n) is 2.50. The number of halogens is 2. The number of nitrogens with one attached hydrogen (secondary N) is 1. The van der Waals surface area contributed by atoms with Crippen LogP contribution in [0.25, 0.3) is 0 Å². The summed E-state index contributed by atoms with van der Waals surface area (Å²) in [5.74, 6) is 0.0525. The van der Waals surface area contributed by atoms with Crippen LogP contribution in [0.15, 0.2) is 47.4 Å². The first kappa shape index (κ1) is 17.1. The van der Waals surface area contributed by atoms with Crippen LogP contribution < -0.4 is 9.62 Å². The van der Waals surface area contributed by atoms with Gasteiger partial charge in [-0.2, -0.15) is 0 Å². The Morgan fingerprint density at radius 1 is 1.04 bits per heavy atom. The molecule has 1 N–H and O–H groups in total. The molecule has 0 aromatic heterocycles. The third kappa shape index (κ3) is 3.50. The molecule has 0 spiro atoms. The second-order valence-corrected chi connectivity index (χ2v) is 7.90. The van der Waals surface area contributed by atoms with E-state index in [-0.39, 0.29) is 21.5 Å². The summed E-state index contributed by atoms with van der Waals surface area (Å²) in [6.07, 6.45) is 1.34. The maximum Gasteiger partial charge on any atom is 0.261 e. The molecule has 1 saturated heterocycles. The molecular weight excluding hydrogens is 371 g/mol. The van der Waals surface area contributed by atoms with Gasteiger partial charge in [0.15, 0.2) is 0 Å². The maximum atomic E-state index is 12.5. The average molecular weight is 385 g/mol. The molecule has 24 heavy (non-hydrogen) atoms. The molecule has 8 heteroatoms. The second kappa shape index (κ2) is 6.63. The van der Waals surface area contributed by atoms with E-state index < -0.39 is 10.0 Å². The SMILES string of the molecule is O=C1CCCN1c1ccc(S(=O)(=O)Nc2ccc(Cl)cc2Cl)cc1. The summed E-state index contributed by atoms with van der Waals surface area (Å²) in [4.78, 5) is 13.5. The van der Waals surface area contributed by atoms with E-state index in [1.54, 1.807) is 23.1 Å². The fourth-order valence-corrected chi connectivity index (χ4v) is 4.09. The highest BCUT2D eigenvalue weighted by molar-refractivity contribution is 7.92. The maximum absolute atomic E-state index is 12.5. The minimum absolute atomic E-state index is 0.0525. The Kier molecular flexibility index (Phi) is 4.71. The number of carbonyl (C=O) groups excluding carboxylic acids is 1. The van der Waals surface area contributed by atoms with Crippen molar-refractivity contribution < 1.29 is 13.2 Å². The quantitative estimate of drug-likeness (QED) is 0.868. The first-order valence-corrected chi connectivity index (χ1v) is 9.49. The summed E-state index contributed by atoms with van der Waals surface area (Å²) in [5.41, 5.74) is 0.945. The van der Waals surface area contributed by atoms with Crippen molar-refractivity contribution in [2.45, 2.75) is 17.7 Å². The Bertz CT molecular complexity index is 883. The second-order valence-electron chi connectivity index (χ2n) is 5.37. The first-order chi connectivity index (χ1) is 11.4. The van der Waals surface area contributed by atoms with Crippen LogP contribution in [0.3, 0.4) is 0 Å². The van der Waals surface area contributed by atoms with Crippen LogP contribution in [-0.2, 0) is 14.8 Å². The van der Waals surface area contributed by atoms with Gasteiger partial charge in [-0.05, 0) is 48.9 Å². The number of amides is 1. The standard InChI is InChI=1S/C16H14Cl2N2O3S/c17-11-3-8-15(14(18)10-11)19-24(22,23)13-6-4-12(5-7-13)20-9-1-2-16(20)21/h3-8,10,19H,1-2,9H2. The molecule has 0 radical (unpaired) electrons. The van der Waals surface area contributed by atoms with Crippen molar-refractivity contribution in [1.29, 1.82) is 0 Å². The third-order valence-electron chi connectivity index (χ3n) is 3.71. The van der Waals surface area contributed by atoms with Crippen molar-refractivity contribution in [2.24, 2.45) is 0 Å². The zero-order valence-corrected chi connectivity index (χ0v) is 14.8. The van der Waals surface area contributed by atoms with Crippen LogP contribution in [0, 0.1) is 0 Å². The molecule has 2 aromatic carbocycles. The van der Waals surface area contributed by atoms with Gasteiger partial charge in [-0.1, -0.05) is 23.2 Å². The normalized spacial score (nSPS) is 14.9. The van der Waals surface area contributed by atoms with E-state index in [9.17, 15) is 13.2 Å². The lowest BCUT2D eigenvalue weighted by molar-refractivity contribution is -0.117. The lowest BCUT2D eigenvalue weighted by Crippen LogP contribution is -2.23. The van der Waals surface area contributed by atoms with Crippen molar-refractivity contribution in [3.05, 3.63) is 52.5 Å². The zero-order chi connectivity index (χ0) is 17.3. The molecule has 1 aliphatic rings. The van der Waals surface area contributed by atoms with Gasteiger partial charge in [0.2, 0.25) is 5.91 Å². The lowest BCUT2D eigenvalue weighted by Gasteiger charge is -2.16. The van der Waals surface area contributed by atoms with E-state index in [1.165, 1.54) is 24.3 Å². The smallest absolute Gasteiger partial charge is 0.261 e. The first-order valence-electron chi connectivity index (χ1n) is 7.25. The Hall–Kier alpha value is -1.76. The van der Waals surface area contributed by atoms with E-state index in [4.69, 9.17) is 23.2 Å². The fraction of sp³-hybridized carbons (Fsp3) is 0.188. The molecular formula is C16H14Cl2N2O3S. The number of hydrogen-bond donors (Lipinski definition) is 1. The van der Waals surface area contributed by atoms with Gasteiger partial charge in [-0.15, -0.1) is 0 Å². The summed E-state index contributed by atoms with van der Waals surface area (Å²) in [5, 5.41) is 0.632. The number of rotatable bonds is 4. The Morgan fingerprint density at radius 3 is 2.33 bits per heavy atom. The minimum Gasteiger partial charge on any atom is -0.312 e. The highest BCUT2D eigenvalue weighted by atomic mass is 35.5. The van der Waals surface area contributed by atoms with Gasteiger partial charge < -0.3 is 4.90 Å². The summed E-state index contributed by atoms with van der Waals surface area (Å²) >= 11 is 11.8. The minimum atomic E-state index is -3.78. The van der Waals surface area contributed by atoms with Gasteiger partial charge >= 0.3 is 0 Å². The number of anilines is 2. The summed E-state index contributed by atoms with van der Waals surface area (Å²) in [7, 11) is -3.78. The van der Waals surface area contributed by atoms with Crippen molar-refractivity contribution >= 4 is 50.5 Å². The molecule has 0 saturated carbocycles. The van der Waals surface area contributed by atoms with Crippen molar-refractivity contribution in [2.75, 3.05) is 16.2 Å². The van der Waals surface area contributed by atoms with Crippen LogP contribution in [0.1, 0.15) is 12.8 Å². The molecule has 0 aliphatic carbocycles. The van der Waals surface area contributed by atoms with E-state index in [2.05, 4.69) is 4.72 Å². The van der Waals surface area contributed by atoms with Crippen LogP contribution >= 0.6 is 23.2 Å². The Balaban J connectivity index is 1.83. The summed E-state index contributed by atoms with van der Waals surface area (Å²) in [6.45, 7) is 0.656. The van der Waals surface area contributed by atoms with Gasteiger partial charge in [0.05, 0.1) is 15.6 Å². The predicted molar refractivity (Wildman–Crippen MR) is 95.3 cm³/mol. The Labute approximate surface area is 150 Å². The largest absolute Gasteiger partial charge is 0.312 e. The zero-order valence-electron chi connectivity index (χ0n) is 12.5. The highest BCUT2D eigenvalue weighted by Gasteiger charge is 2.22. The molecule has 5 nitrogen and oxygen atoms in total. The van der Waals surface area contributed by atoms with Crippen molar-refractivity contribution in [1.82, 2.24) is 0 Å². The topological polar surface area (TPSA) is 66.5 Å². The number of sulfonamides is 1. The van der Waals surface area contributed by atoms with Gasteiger partial charge in [-0.3, -0.25) is 9.52 Å². The molecule has 1 amide bonds. The molecule has 1 aliphatic heterocycles. The number of nitrogens with zero attached hydrogens (tertiary/aromatic N) is 1. The number of hydrogen-bond acceptors (Lipinski definition) is 3. The predicted octanol–water partition coefficient (Wildman–Crippen LogP) is 3.92. The molecule has 3 rings (SSSR count). The van der Waals surface area contributed by atoms with Gasteiger partial charge in [0.1, 0.15) is 0 Å². The lowest BCUT2D eigenvalue weighted by atomic mass is 10.3. The number of benzene rings is 2. The Morgan fingerprint density at radius 2 is 1.75 bits per heavy atom. The van der Waals surface area contributed by atoms with E-state index in [0.717, 1.165) is 6.42 Å². The summed E-state index contributed by atoms with van der Waals surface area (Å²) in [6, 6.07) is 10.7. The van der Waals surface area contributed by atoms with Crippen LogP contribution in [-0.4, -0.2) is 20.9 Å². The molecule has 0 atom stereocenters. The van der Waals surface area contributed by atoms with Gasteiger partial charge in [0, 0.05) is 23.7 Å². The monoisotopic (exact) mass is 384 g/mol. The molecule has 2 aromatic rings. The van der Waals surface area contributed by atoms with E-state index >= 15 is 0 Å². The molecule has 1 fully saturated rings. The molecule has 126 valence electrons. The van der Waals surface area contributed by atoms with Crippen molar-refractivity contribution in [3.8, 4) is 0 Å². The summed E-state index contributed by atoms with van der Waals surface area (Å²) < 4.78 is 27.3. The average Bonchev–Trinajstić information content (AvgIpc) is 2.96. The number of carbonyl (C=O) groups is 1. The van der Waals surface area contributed by atoms with Gasteiger partial charge in [0.25, 0.3) is 10.0 Å². The molecule has 1 heterocycles. The van der Waals surface area contributed by atoms with Crippen LogP contribution in [0.4, 0.5) is 11.4 Å². The van der Waals surface area contributed by atoms with Crippen LogP contribution in [0.2, 0.25) is 10.0 Å². The van der Waals surface area contributed by atoms with Crippen molar-refractivity contribution in [3.63, 3.8) is 0 Å². The van der Waals surface area contributed by atoms with E-state index in [1.807, 2.05) is 0 Å².